The van der Waals surface area contributed by atoms with Crippen molar-refractivity contribution in [3.63, 3.8) is 0 Å². The molecule has 0 aliphatic heterocycles. The summed E-state index contributed by atoms with van der Waals surface area (Å²) in [5.74, 6) is -0.185. The van der Waals surface area contributed by atoms with Gasteiger partial charge in [0.2, 0.25) is 0 Å². The van der Waals surface area contributed by atoms with Gasteiger partial charge in [-0.1, -0.05) is 18.7 Å². The molecule has 0 amide bonds. The average Bonchev–Trinajstić information content (AvgIpc) is 1.82. The Labute approximate surface area is 55.4 Å². The van der Waals surface area contributed by atoms with E-state index in [1.165, 1.54) is 6.08 Å². The van der Waals surface area contributed by atoms with E-state index in [4.69, 9.17) is 0 Å². The second-order valence-corrected chi connectivity index (χ2v) is 1.94. The van der Waals surface area contributed by atoms with E-state index in [9.17, 15) is 4.39 Å². The minimum Gasteiger partial charge on any atom is -0.207 e. The van der Waals surface area contributed by atoms with Gasteiger partial charge in [0, 0.05) is 0 Å². The van der Waals surface area contributed by atoms with Crippen LogP contribution in [0.4, 0.5) is 4.39 Å². The van der Waals surface area contributed by atoms with Crippen LogP contribution in [0.3, 0.4) is 0 Å². The number of hydrogen-bond donors (Lipinski definition) is 0. The molecule has 0 bridgehead atoms. The molecule has 0 radical (unpaired) electrons. The van der Waals surface area contributed by atoms with Crippen molar-refractivity contribution in [2.45, 2.75) is 13.8 Å². The van der Waals surface area contributed by atoms with Crippen molar-refractivity contribution >= 4 is 0 Å². The van der Waals surface area contributed by atoms with Crippen LogP contribution in [-0.2, 0) is 0 Å². The fourth-order valence-corrected chi connectivity index (χ4v) is 0.319. The zero-order valence-electron chi connectivity index (χ0n) is 5.82. The number of allylic oxidation sites excluding steroid dienone is 5. The van der Waals surface area contributed by atoms with Crippen LogP contribution in [-0.4, -0.2) is 0 Å². The molecule has 0 aromatic carbocycles. The standard InChI is InChI=1S/C8H11F/c1-4-5-6-8(9)7(2)3/h4-6H,1H2,2-3H3. The molecule has 0 nitrogen and oxygen atoms in total. The highest BCUT2D eigenvalue weighted by Gasteiger charge is 1.86. The van der Waals surface area contributed by atoms with E-state index in [0.717, 1.165) is 0 Å². The zero-order valence-corrected chi connectivity index (χ0v) is 5.82. The molecule has 1 heteroatoms. The Morgan fingerprint density at radius 3 is 2.33 bits per heavy atom. The quantitative estimate of drug-likeness (QED) is 0.499. The molecule has 0 aromatic rings. The first-order valence-corrected chi connectivity index (χ1v) is 2.80. The molecule has 0 aliphatic carbocycles. The molecular weight excluding hydrogens is 115 g/mol. The molecule has 0 heterocycles. The van der Waals surface area contributed by atoms with Gasteiger partial charge in [0.25, 0.3) is 0 Å². The molecule has 0 fully saturated rings. The Bertz CT molecular complexity index is 148. The number of hydrogen-bond acceptors (Lipinski definition) is 0. The monoisotopic (exact) mass is 126 g/mol. The third-order valence-electron chi connectivity index (χ3n) is 0.856. The summed E-state index contributed by atoms with van der Waals surface area (Å²) in [5.41, 5.74) is 0.688. The van der Waals surface area contributed by atoms with E-state index < -0.39 is 0 Å². The van der Waals surface area contributed by atoms with Crippen molar-refractivity contribution in [3.05, 3.63) is 36.2 Å². The SMILES string of the molecule is C=CC=CC(F)=C(C)C. The molecule has 0 saturated heterocycles. The van der Waals surface area contributed by atoms with Crippen LogP contribution in [0.25, 0.3) is 0 Å². The second kappa shape index (κ2) is 4.07. The first kappa shape index (κ1) is 8.15. The summed E-state index contributed by atoms with van der Waals surface area (Å²) in [5, 5.41) is 0. The van der Waals surface area contributed by atoms with Gasteiger partial charge in [0.15, 0.2) is 0 Å². The molecule has 0 rings (SSSR count). The topological polar surface area (TPSA) is 0 Å². The highest BCUT2D eigenvalue weighted by atomic mass is 19.1. The van der Waals surface area contributed by atoms with Crippen LogP contribution in [0, 0.1) is 0 Å². The number of halogens is 1. The molecular formula is C8H11F. The Kier molecular flexibility index (Phi) is 3.69. The summed E-state index contributed by atoms with van der Waals surface area (Å²) in [6.45, 7) is 6.87. The van der Waals surface area contributed by atoms with Crippen molar-refractivity contribution in [2.75, 3.05) is 0 Å². The van der Waals surface area contributed by atoms with Gasteiger partial charge in [-0.15, -0.1) is 0 Å². The van der Waals surface area contributed by atoms with Crippen molar-refractivity contribution in [2.24, 2.45) is 0 Å². The van der Waals surface area contributed by atoms with Crippen LogP contribution >= 0.6 is 0 Å². The van der Waals surface area contributed by atoms with Crippen LogP contribution < -0.4 is 0 Å². The summed E-state index contributed by atoms with van der Waals surface area (Å²) in [6.07, 6.45) is 4.51. The number of rotatable bonds is 2. The Balaban J connectivity index is 4.06. The molecule has 0 unspecified atom stereocenters. The molecule has 0 N–H and O–H groups in total. The van der Waals surface area contributed by atoms with Crippen LogP contribution in [0.15, 0.2) is 36.2 Å². The van der Waals surface area contributed by atoms with Crippen molar-refractivity contribution < 1.29 is 4.39 Å². The van der Waals surface area contributed by atoms with Gasteiger partial charge in [-0.05, 0) is 25.5 Å². The predicted octanol–water partition coefficient (Wildman–Crippen LogP) is 2.99. The van der Waals surface area contributed by atoms with Crippen LogP contribution in [0.5, 0.6) is 0 Å². The zero-order chi connectivity index (χ0) is 7.28. The highest BCUT2D eigenvalue weighted by molar-refractivity contribution is 5.19. The lowest BCUT2D eigenvalue weighted by Gasteiger charge is -1.87. The summed E-state index contributed by atoms with van der Waals surface area (Å²) in [6, 6.07) is 0. The van der Waals surface area contributed by atoms with E-state index in [1.54, 1.807) is 26.0 Å². The van der Waals surface area contributed by atoms with Crippen molar-refractivity contribution in [1.29, 1.82) is 0 Å². The molecule has 0 spiro atoms. The Hall–Kier alpha value is -0.850. The minimum absolute atomic E-state index is 0.185. The van der Waals surface area contributed by atoms with Gasteiger partial charge >= 0.3 is 0 Å². The van der Waals surface area contributed by atoms with Crippen molar-refractivity contribution in [3.8, 4) is 0 Å². The van der Waals surface area contributed by atoms with E-state index in [2.05, 4.69) is 6.58 Å². The van der Waals surface area contributed by atoms with Gasteiger partial charge in [-0.25, -0.2) is 4.39 Å². The summed E-state index contributed by atoms with van der Waals surface area (Å²) < 4.78 is 12.5. The van der Waals surface area contributed by atoms with Gasteiger partial charge in [-0.3, -0.25) is 0 Å². The maximum atomic E-state index is 12.5. The van der Waals surface area contributed by atoms with E-state index in [1.807, 2.05) is 0 Å². The van der Waals surface area contributed by atoms with Crippen LogP contribution in [0.1, 0.15) is 13.8 Å². The van der Waals surface area contributed by atoms with E-state index in [-0.39, 0.29) is 5.83 Å². The van der Waals surface area contributed by atoms with Gasteiger partial charge in [0.05, 0.1) is 0 Å². The van der Waals surface area contributed by atoms with E-state index in [0.29, 0.717) is 5.57 Å². The summed E-state index contributed by atoms with van der Waals surface area (Å²) >= 11 is 0. The lowest BCUT2D eigenvalue weighted by molar-refractivity contribution is 0.654. The molecule has 0 saturated carbocycles. The highest BCUT2D eigenvalue weighted by Crippen LogP contribution is 2.05. The maximum Gasteiger partial charge on any atom is 0.121 e. The smallest absolute Gasteiger partial charge is 0.121 e. The van der Waals surface area contributed by atoms with Gasteiger partial charge in [-0.2, -0.15) is 0 Å². The maximum absolute atomic E-state index is 12.5. The molecule has 0 atom stereocenters. The molecule has 0 aliphatic rings. The van der Waals surface area contributed by atoms with Gasteiger partial charge in [0.1, 0.15) is 5.83 Å². The first-order chi connectivity index (χ1) is 4.18. The summed E-state index contributed by atoms with van der Waals surface area (Å²) in [7, 11) is 0. The minimum atomic E-state index is -0.185. The third-order valence-corrected chi connectivity index (χ3v) is 0.856. The fourth-order valence-electron chi connectivity index (χ4n) is 0.319. The van der Waals surface area contributed by atoms with E-state index >= 15 is 0 Å². The van der Waals surface area contributed by atoms with Crippen LogP contribution in [0.2, 0.25) is 0 Å². The Morgan fingerprint density at radius 1 is 1.44 bits per heavy atom. The third kappa shape index (κ3) is 3.71. The molecule has 0 aromatic heterocycles. The Morgan fingerprint density at radius 2 is 2.00 bits per heavy atom. The van der Waals surface area contributed by atoms with Crippen molar-refractivity contribution in [1.82, 2.24) is 0 Å². The lowest BCUT2D eigenvalue weighted by Crippen LogP contribution is -1.69. The lowest BCUT2D eigenvalue weighted by atomic mass is 10.3. The largest absolute Gasteiger partial charge is 0.207 e. The summed E-state index contributed by atoms with van der Waals surface area (Å²) in [4.78, 5) is 0. The fraction of sp³-hybridized carbons (Fsp3) is 0.250. The second-order valence-electron chi connectivity index (χ2n) is 1.94. The first-order valence-electron chi connectivity index (χ1n) is 2.80. The molecule has 50 valence electrons. The normalized spacial score (nSPS) is 9.67. The molecule has 9 heavy (non-hydrogen) atoms. The average molecular weight is 126 g/mol. The predicted molar refractivity (Wildman–Crippen MR) is 38.8 cm³/mol. The van der Waals surface area contributed by atoms with Gasteiger partial charge < -0.3 is 0 Å².